The summed E-state index contributed by atoms with van der Waals surface area (Å²) in [6.07, 6.45) is 5.76. The van der Waals surface area contributed by atoms with E-state index in [-0.39, 0.29) is 29.3 Å². The quantitative estimate of drug-likeness (QED) is 0.192. The molecular weight excluding hydrogens is 765 g/mol. The van der Waals surface area contributed by atoms with Crippen LogP contribution in [0.5, 0.6) is 0 Å². The number of anilines is 2. The van der Waals surface area contributed by atoms with Gasteiger partial charge in [-0.25, -0.2) is 17.8 Å². The summed E-state index contributed by atoms with van der Waals surface area (Å²) < 4.78 is 44.2. The molecule has 1 aliphatic heterocycles. The van der Waals surface area contributed by atoms with Crippen molar-refractivity contribution in [2.45, 2.75) is 19.7 Å². The van der Waals surface area contributed by atoms with E-state index in [2.05, 4.69) is 26.7 Å². The third-order valence-corrected chi connectivity index (χ3v) is 9.69. The van der Waals surface area contributed by atoms with Crippen LogP contribution in [0, 0.1) is 11.3 Å². The van der Waals surface area contributed by atoms with Crippen molar-refractivity contribution >= 4 is 83.3 Å². The number of aromatic nitrogens is 3. The summed E-state index contributed by atoms with van der Waals surface area (Å²) in [5.41, 5.74) is 2.64. The summed E-state index contributed by atoms with van der Waals surface area (Å²) in [7, 11) is -4.16. The van der Waals surface area contributed by atoms with Crippen molar-refractivity contribution in [2.24, 2.45) is 0 Å². The number of benzene rings is 1. The van der Waals surface area contributed by atoms with Crippen molar-refractivity contribution in [3.63, 3.8) is 0 Å². The van der Waals surface area contributed by atoms with Gasteiger partial charge in [-0.1, -0.05) is 18.2 Å². The van der Waals surface area contributed by atoms with E-state index in [4.69, 9.17) is 4.42 Å². The Labute approximate surface area is 255 Å². The number of rotatable bonds is 8. The van der Waals surface area contributed by atoms with Gasteiger partial charge < -0.3 is 15.1 Å². The highest BCUT2D eigenvalue weighted by molar-refractivity contribution is 14.2. The molecule has 1 aromatic carbocycles. The first kappa shape index (κ1) is 28.6. The minimum atomic E-state index is -4.16. The lowest BCUT2D eigenvalue weighted by Crippen LogP contribution is -2.26. The molecule has 5 rings (SSSR count). The molecule has 4 aromatic rings. The topological polar surface area (TPSA) is 143 Å². The fourth-order valence-corrected chi connectivity index (χ4v) is 8.15. The van der Waals surface area contributed by atoms with E-state index in [1.54, 1.807) is 0 Å². The first-order valence-corrected chi connectivity index (χ1v) is 15.8. The molecule has 40 heavy (non-hydrogen) atoms. The zero-order valence-electron chi connectivity index (χ0n) is 20.7. The van der Waals surface area contributed by atoms with E-state index in [0.29, 0.717) is 5.39 Å². The Morgan fingerprint density at radius 3 is 2.70 bits per heavy atom. The van der Waals surface area contributed by atoms with Gasteiger partial charge in [0.2, 0.25) is 22.6 Å². The Hall–Kier alpha value is -2.88. The molecule has 0 amide bonds. The van der Waals surface area contributed by atoms with Crippen molar-refractivity contribution in [2.75, 3.05) is 24.2 Å². The number of sulfone groups is 1. The standard InChI is InChI=1S/C26H21FI2N6O4S/c27-26(28,29)15-40(37,38)24-18(7-10-39-24)14-35-22-20(11-19(12-30)23(35)36)13-32-25(34-22)33-21-3-1-16(2-4-21)17-5-8-31-9-6-17/h1-5,7,10-11,13,31H,6,8-9,14-15H2,(H,32,33,34). The number of nitriles is 1. The number of nitrogens with zero attached hydrogens (tertiary/aromatic N) is 4. The molecule has 1 aliphatic rings. The van der Waals surface area contributed by atoms with Gasteiger partial charge in [-0.05, 0) is 93.5 Å². The molecule has 4 heterocycles. The van der Waals surface area contributed by atoms with E-state index in [1.165, 1.54) is 73.7 Å². The molecule has 0 atom stereocenters. The van der Waals surface area contributed by atoms with Crippen LogP contribution in [0.15, 0.2) is 69.2 Å². The summed E-state index contributed by atoms with van der Waals surface area (Å²) in [5.74, 6) is -0.616. The summed E-state index contributed by atoms with van der Waals surface area (Å²) in [6.45, 7) is 1.51. The summed E-state index contributed by atoms with van der Waals surface area (Å²) in [4.78, 5) is 22.0. The van der Waals surface area contributed by atoms with Crippen LogP contribution in [-0.2, 0) is 16.4 Å². The second-order valence-electron chi connectivity index (χ2n) is 9.03. The Morgan fingerprint density at radius 1 is 1.25 bits per heavy atom. The zero-order valence-corrected chi connectivity index (χ0v) is 25.8. The van der Waals surface area contributed by atoms with Crippen molar-refractivity contribution in [3.05, 3.63) is 82.0 Å². The average molecular weight is 786 g/mol. The van der Waals surface area contributed by atoms with Gasteiger partial charge in [0.15, 0.2) is 0 Å². The number of alkyl halides is 3. The molecule has 0 unspecified atom stereocenters. The van der Waals surface area contributed by atoms with Gasteiger partial charge in [0.1, 0.15) is 23.0 Å². The normalized spacial score (nSPS) is 14.1. The molecule has 10 nitrogen and oxygen atoms in total. The predicted octanol–water partition coefficient (Wildman–Crippen LogP) is 4.69. The van der Waals surface area contributed by atoms with E-state index < -0.39 is 27.9 Å². The van der Waals surface area contributed by atoms with Gasteiger partial charge in [-0.2, -0.15) is 10.2 Å². The van der Waals surface area contributed by atoms with Crippen LogP contribution in [0.3, 0.4) is 0 Å². The molecular formula is C26H21FI2N6O4S. The zero-order chi connectivity index (χ0) is 28.5. The number of pyridine rings is 1. The van der Waals surface area contributed by atoms with Gasteiger partial charge in [0.05, 0.1) is 12.8 Å². The molecule has 0 spiro atoms. The first-order valence-electron chi connectivity index (χ1n) is 12.0. The fourth-order valence-electron chi connectivity index (χ4n) is 4.39. The number of hydrogen-bond acceptors (Lipinski definition) is 9. The SMILES string of the molecule is N#Cc1cc2cnc(Nc3ccc(C4=CCNCC4)cc3)nc2n(Cc2ccoc2S(=O)(=O)CC(F)(I)I)c1=O. The first-order chi connectivity index (χ1) is 19.0. The van der Waals surface area contributed by atoms with Crippen LogP contribution in [0.4, 0.5) is 16.0 Å². The molecule has 14 heteroatoms. The third-order valence-electron chi connectivity index (χ3n) is 6.19. The highest BCUT2D eigenvalue weighted by atomic mass is 127. The molecule has 3 aromatic heterocycles. The molecule has 0 saturated heterocycles. The molecule has 0 bridgehead atoms. The van der Waals surface area contributed by atoms with Gasteiger partial charge in [-0.15, -0.1) is 0 Å². The minimum absolute atomic E-state index is 0.131. The van der Waals surface area contributed by atoms with Crippen LogP contribution >= 0.6 is 45.2 Å². The van der Waals surface area contributed by atoms with Gasteiger partial charge in [0.25, 0.3) is 5.56 Å². The average Bonchev–Trinajstić information content (AvgIpc) is 3.39. The van der Waals surface area contributed by atoms with Crippen LogP contribution in [0.2, 0.25) is 0 Å². The van der Waals surface area contributed by atoms with Gasteiger partial charge in [-0.3, -0.25) is 9.36 Å². The van der Waals surface area contributed by atoms with E-state index in [1.807, 2.05) is 30.3 Å². The maximum atomic E-state index is 14.2. The Bertz CT molecular complexity index is 1820. The molecule has 0 fully saturated rings. The highest BCUT2D eigenvalue weighted by Crippen LogP contribution is 2.34. The monoisotopic (exact) mass is 786 g/mol. The van der Waals surface area contributed by atoms with Crippen LogP contribution < -0.4 is 16.2 Å². The van der Waals surface area contributed by atoms with Crippen molar-refractivity contribution < 1.29 is 17.2 Å². The second-order valence-corrected chi connectivity index (χ2v) is 16.4. The lowest BCUT2D eigenvalue weighted by Gasteiger charge is -2.15. The summed E-state index contributed by atoms with van der Waals surface area (Å²) in [6, 6.07) is 12.5. The maximum Gasteiger partial charge on any atom is 0.270 e. The molecule has 0 aliphatic carbocycles. The van der Waals surface area contributed by atoms with Crippen LogP contribution in [0.1, 0.15) is 23.1 Å². The third kappa shape index (κ3) is 6.37. The van der Waals surface area contributed by atoms with Crippen LogP contribution in [0.25, 0.3) is 16.6 Å². The van der Waals surface area contributed by atoms with E-state index in [9.17, 15) is 22.9 Å². The molecule has 2 N–H and O–H groups in total. The maximum absolute atomic E-state index is 14.2. The number of nitrogens with one attached hydrogen (secondary N) is 2. The lowest BCUT2D eigenvalue weighted by atomic mass is 10.0. The van der Waals surface area contributed by atoms with E-state index >= 15 is 0 Å². The number of halogens is 3. The van der Waals surface area contributed by atoms with Gasteiger partial charge in [0, 0.05) is 29.4 Å². The Kier molecular flexibility index (Phi) is 8.27. The molecule has 0 radical (unpaired) electrons. The molecule has 0 saturated carbocycles. The van der Waals surface area contributed by atoms with Gasteiger partial charge >= 0.3 is 0 Å². The highest BCUT2D eigenvalue weighted by Gasteiger charge is 2.34. The van der Waals surface area contributed by atoms with E-state index in [0.717, 1.165) is 37.0 Å². The summed E-state index contributed by atoms with van der Waals surface area (Å²) in [5, 5.41) is 15.9. The van der Waals surface area contributed by atoms with Crippen molar-refractivity contribution in [1.82, 2.24) is 19.9 Å². The number of fused-ring (bicyclic) bond motifs is 1. The Balaban J connectivity index is 1.50. The lowest BCUT2D eigenvalue weighted by molar-refractivity contribution is 0.432. The fraction of sp³-hybridized carbons (Fsp3) is 0.231. The largest absolute Gasteiger partial charge is 0.453 e. The van der Waals surface area contributed by atoms with Crippen molar-refractivity contribution in [3.8, 4) is 6.07 Å². The Morgan fingerprint density at radius 2 is 2.02 bits per heavy atom. The number of hydrogen-bond donors (Lipinski definition) is 2. The molecule has 206 valence electrons. The predicted molar refractivity (Wildman–Crippen MR) is 165 cm³/mol. The smallest absolute Gasteiger partial charge is 0.270 e. The minimum Gasteiger partial charge on any atom is -0.453 e. The number of furan rings is 1. The summed E-state index contributed by atoms with van der Waals surface area (Å²) >= 11 is 2.78. The van der Waals surface area contributed by atoms with Crippen LogP contribution in [-0.4, -0.2) is 43.5 Å². The van der Waals surface area contributed by atoms with Crippen molar-refractivity contribution in [1.29, 1.82) is 5.26 Å². The second kappa shape index (κ2) is 11.5.